The quantitative estimate of drug-likeness (QED) is 0.693. The molecule has 1 aliphatic carbocycles. The molecule has 0 heterocycles. The monoisotopic (exact) mass is 184 g/mol. The maximum Gasteiger partial charge on any atom is 0.0647 e. The van der Waals surface area contributed by atoms with Gasteiger partial charge in [0.05, 0.1) is 5.60 Å². The van der Waals surface area contributed by atoms with Gasteiger partial charge in [-0.1, -0.05) is 46.0 Å². The zero-order valence-corrected chi connectivity index (χ0v) is 9.18. The molecule has 0 aromatic heterocycles. The number of rotatable bonds is 5. The predicted octanol–water partition coefficient (Wildman–Crippen LogP) is 3.51. The Kier molecular flexibility index (Phi) is 4.24. The SMILES string of the molecule is CCCC(O)(CC)CC1CCCC1. The van der Waals surface area contributed by atoms with E-state index in [0.717, 1.165) is 31.6 Å². The molecule has 0 spiro atoms. The van der Waals surface area contributed by atoms with Gasteiger partial charge in [-0.05, 0) is 25.2 Å². The Labute approximate surface area is 82.5 Å². The molecular weight excluding hydrogens is 160 g/mol. The summed E-state index contributed by atoms with van der Waals surface area (Å²) >= 11 is 0. The number of aliphatic hydroxyl groups is 1. The highest BCUT2D eigenvalue weighted by Gasteiger charge is 2.29. The van der Waals surface area contributed by atoms with Crippen molar-refractivity contribution in [1.29, 1.82) is 0 Å². The third-order valence-electron chi connectivity index (χ3n) is 3.52. The Morgan fingerprint density at radius 1 is 1.23 bits per heavy atom. The molecule has 1 heteroatoms. The minimum absolute atomic E-state index is 0.343. The largest absolute Gasteiger partial charge is 0.390 e. The summed E-state index contributed by atoms with van der Waals surface area (Å²) in [6, 6.07) is 0. The van der Waals surface area contributed by atoms with Crippen molar-refractivity contribution in [1.82, 2.24) is 0 Å². The van der Waals surface area contributed by atoms with Gasteiger partial charge in [-0.15, -0.1) is 0 Å². The van der Waals surface area contributed by atoms with Gasteiger partial charge in [-0.3, -0.25) is 0 Å². The lowest BCUT2D eigenvalue weighted by Gasteiger charge is -2.29. The van der Waals surface area contributed by atoms with Crippen LogP contribution in [0.5, 0.6) is 0 Å². The molecule has 1 saturated carbocycles. The average Bonchev–Trinajstić information content (AvgIpc) is 2.57. The van der Waals surface area contributed by atoms with Crippen LogP contribution in [-0.2, 0) is 0 Å². The average molecular weight is 184 g/mol. The molecule has 1 fully saturated rings. The molecule has 1 nitrogen and oxygen atoms in total. The van der Waals surface area contributed by atoms with E-state index in [0.29, 0.717) is 0 Å². The van der Waals surface area contributed by atoms with Gasteiger partial charge in [0.25, 0.3) is 0 Å². The van der Waals surface area contributed by atoms with Crippen LogP contribution in [0.4, 0.5) is 0 Å². The van der Waals surface area contributed by atoms with Crippen LogP contribution in [0.1, 0.15) is 65.2 Å². The van der Waals surface area contributed by atoms with Crippen molar-refractivity contribution in [3.05, 3.63) is 0 Å². The standard InChI is InChI=1S/C12H24O/c1-3-9-12(13,4-2)10-11-7-5-6-8-11/h11,13H,3-10H2,1-2H3. The third kappa shape index (κ3) is 3.30. The highest BCUT2D eigenvalue weighted by Crippen LogP contribution is 2.35. The molecule has 0 aliphatic heterocycles. The fourth-order valence-corrected chi connectivity index (χ4v) is 2.64. The maximum absolute atomic E-state index is 10.3. The minimum Gasteiger partial charge on any atom is -0.390 e. The fraction of sp³-hybridized carbons (Fsp3) is 1.00. The van der Waals surface area contributed by atoms with E-state index in [-0.39, 0.29) is 5.60 Å². The summed E-state index contributed by atoms with van der Waals surface area (Å²) in [5.74, 6) is 0.816. The van der Waals surface area contributed by atoms with Crippen LogP contribution < -0.4 is 0 Å². The molecule has 0 bridgehead atoms. The van der Waals surface area contributed by atoms with Gasteiger partial charge in [0.2, 0.25) is 0 Å². The second-order valence-electron chi connectivity index (χ2n) is 4.68. The first kappa shape index (κ1) is 11.0. The molecule has 1 aliphatic rings. The van der Waals surface area contributed by atoms with Crippen molar-refractivity contribution in [2.75, 3.05) is 0 Å². The van der Waals surface area contributed by atoms with Gasteiger partial charge < -0.3 is 5.11 Å². The van der Waals surface area contributed by atoms with Gasteiger partial charge in [-0.25, -0.2) is 0 Å². The first-order valence-electron chi connectivity index (χ1n) is 5.92. The smallest absolute Gasteiger partial charge is 0.0647 e. The minimum atomic E-state index is -0.343. The lowest BCUT2D eigenvalue weighted by atomic mass is 9.84. The van der Waals surface area contributed by atoms with Crippen LogP contribution in [-0.4, -0.2) is 10.7 Å². The van der Waals surface area contributed by atoms with Gasteiger partial charge in [-0.2, -0.15) is 0 Å². The van der Waals surface area contributed by atoms with Crippen molar-refractivity contribution in [2.45, 2.75) is 70.8 Å². The second-order valence-corrected chi connectivity index (χ2v) is 4.68. The van der Waals surface area contributed by atoms with Gasteiger partial charge in [0, 0.05) is 0 Å². The zero-order chi connectivity index (χ0) is 9.73. The van der Waals surface area contributed by atoms with Crippen molar-refractivity contribution in [3.8, 4) is 0 Å². The van der Waals surface area contributed by atoms with Gasteiger partial charge in [0.1, 0.15) is 0 Å². The zero-order valence-electron chi connectivity index (χ0n) is 9.18. The molecular formula is C12H24O. The van der Waals surface area contributed by atoms with Crippen LogP contribution >= 0.6 is 0 Å². The Morgan fingerprint density at radius 3 is 2.31 bits per heavy atom. The van der Waals surface area contributed by atoms with E-state index >= 15 is 0 Å². The fourth-order valence-electron chi connectivity index (χ4n) is 2.64. The number of hydrogen-bond acceptors (Lipinski definition) is 1. The Hall–Kier alpha value is -0.0400. The Balaban J connectivity index is 2.36. The van der Waals surface area contributed by atoms with Gasteiger partial charge in [0.15, 0.2) is 0 Å². The number of hydrogen-bond donors (Lipinski definition) is 1. The summed E-state index contributed by atoms with van der Waals surface area (Å²) in [6.45, 7) is 4.28. The van der Waals surface area contributed by atoms with Crippen LogP contribution in [0.2, 0.25) is 0 Å². The molecule has 13 heavy (non-hydrogen) atoms. The van der Waals surface area contributed by atoms with E-state index in [9.17, 15) is 5.11 Å². The summed E-state index contributed by atoms with van der Waals surface area (Å²) in [5, 5.41) is 10.3. The van der Waals surface area contributed by atoms with Crippen LogP contribution in [0.15, 0.2) is 0 Å². The summed E-state index contributed by atoms with van der Waals surface area (Å²) in [6.07, 6.45) is 9.55. The van der Waals surface area contributed by atoms with E-state index in [1.165, 1.54) is 25.7 Å². The molecule has 0 amide bonds. The molecule has 1 unspecified atom stereocenters. The van der Waals surface area contributed by atoms with Crippen molar-refractivity contribution in [2.24, 2.45) is 5.92 Å². The first-order chi connectivity index (χ1) is 6.20. The molecule has 0 saturated heterocycles. The lowest BCUT2D eigenvalue weighted by Crippen LogP contribution is -2.29. The molecule has 0 aromatic carbocycles. The summed E-state index contributed by atoms with van der Waals surface area (Å²) in [5.41, 5.74) is -0.343. The molecule has 78 valence electrons. The molecule has 0 radical (unpaired) electrons. The van der Waals surface area contributed by atoms with Crippen molar-refractivity contribution in [3.63, 3.8) is 0 Å². The molecule has 1 rings (SSSR count). The highest BCUT2D eigenvalue weighted by atomic mass is 16.3. The summed E-state index contributed by atoms with van der Waals surface area (Å²) in [4.78, 5) is 0. The summed E-state index contributed by atoms with van der Waals surface area (Å²) in [7, 11) is 0. The Bertz CT molecular complexity index is 138. The van der Waals surface area contributed by atoms with E-state index in [1.807, 2.05) is 0 Å². The molecule has 0 aromatic rings. The van der Waals surface area contributed by atoms with Gasteiger partial charge >= 0.3 is 0 Å². The second kappa shape index (κ2) is 4.99. The van der Waals surface area contributed by atoms with Crippen molar-refractivity contribution < 1.29 is 5.11 Å². The third-order valence-corrected chi connectivity index (χ3v) is 3.52. The lowest BCUT2D eigenvalue weighted by molar-refractivity contribution is 0.00357. The van der Waals surface area contributed by atoms with E-state index in [4.69, 9.17) is 0 Å². The van der Waals surface area contributed by atoms with Crippen molar-refractivity contribution >= 4 is 0 Å². The van der Waals surface area contributed by atoms with E-state index in [2.05, 4.69) is 13.8 Å². The van der Waals surface area contributed by atoms with E-state index in [1.54, 1.807) is 0 Å². The predicted molar refractivity (Wildman–Crippen MR) is 56.7 cm³/mol. The van der Waals surface area contributed by atoms with Crippen LogP contribution in [0.25, 0.3) is 0 Å². The Morgan fingerprint density at radius 2 is 1.85 bits per heavy atom. The normalized spacial score (nSPS) is 23.3. The molecule has 1 N–H and O–H groups in total. The van der Waals surface area contributed by atoms with Crippen LogP contribution in [0.3, 0.4) is 0 Å². The summed E-state index contributed by atoms with van der Waals surface area (Å²) < 4.78 is 0. The molecule has 1 atom stereocenters. The van der Waals surface area contributed by atoms with Crippen LogP contribution in [0, 0.1) is 5.92 Å². The first-order valence-corrected chi connectivity index (χ1v) is 5.92. The highest BCUT2D eigenvalue weighted by molar-refractivity contribution is 4.82. The topological polar surface area (TPSA) is 20.2 Å². The van der Waals surface area contributed by atoms with E-state index < -0.39 is 0 Å². The maximum atomic E-state index is 10.3.